The lowest BCUT2D eigenvalue weighted by atomic mass is 10.2. The molecule has 21 heavy (non-hydrogen) atoms. The Morgan fingerprint density at radius 3 is 2.81 bits per heavy atom. The van der Waals surface area contributed by atoms with Gasteiger partial charge in [0.1, 0.15) is 17.7 Å². The molecule has 1 saturated heterocycles. The van der Waals surface area contributed by atoms with E-state index in [2.05, 4.69) is 17.0 Å². The minimum Gasteiger partial charge on any atom is -0.487 e. The number of nitrogen functional groups attached to an aromatic ring is 1. The van der Waals surface area contributed by atoms with Gasteiger partial charge in [0, 0.05) is 25.7 Å². The Bertz CT molecular complexity index is 603. The Labute approximate surface area is 124 Å². The summed E-state index contributed by atoms with van der Waals surface area (Å²) >= 11 is 0. The maximum Gasteiger partial charge on any atom is 0.145 e. The van der Waals surface area contributed by atoms with Crippen LogP contribution in [0.3, 0.4) is 0 Å². The van der Waals surface area contributed by atoms with Crippen molar-refractivity contribution < 1.29 is 9.13 Å². The van der Waals surface area contributed by atoms with Gasteiger partial charge in [0.2, 0.25) is 0 Å². The molecule has 4 heteroatoms. The van der Waals surface area contributed by atoms with Crippen LogP contribution in [-0.2, 0) is 6.54 Å². The molecule has 0 amide bonds. The zero-order valence-corrected chi connectivity index (χ0v) is 11.8. The van der Waals surface area contributed by atoms with E-state index in [-0.39, 0.29) is 11.9 Å². The van der Waals surface area contributed by atoms with Crippen LogP contribution in [0.2, 0.25) is 0 Å². The second-order valence-electron chi connectivity index (χ2n) is 5.43. The van der Waals surface area contributed by atoms with Crippen LogP contribution in [0.5, 0.6) is 5.75 Å². The van der Waals surface area contributed by atoms with Gasteiger partial charge in [0.15, 0.2) is 0 Å². The van der Waals surface area contributed by atoms with Crippen molar-refractivity contribution in [1.29, 1.82) is 0 Å². The lowest BCUT2D eigenvalue weighted by Gasteiger charge is -2.17. The fourth-order valence-corrected chi connectivity index (χ4v) is 2.67. The van der Waals surface area contributed by atoms with Crippen molar-refractivity contribution in [2.75, 3.05) is 18.8 Å². The van der Waals surface area contributed by atoms with Crippen molar-refractivity contribution in [3.8, 4) is 5.75 Å². The molecule has 3 rings (SSSR count). The van der Waals surface area contributed by atoms with Gasteiger partial charge in [0.05, 0.1) is 5.69 Å². The highest BCUT2D eigenvalue weighted by atomic mass is 19.1. The first-order valence-electron chi connectivity index (χ1n) is 7.18. The van der Waals surface area contributed by atoms with Gasteiger partial charge in [-0.2, -0.15) is 0 Å². The summed E-state index contributed by atoms with van der Waals surface area (Å²) in [6.07, 6.45) is 1.00. The molecule has 0 saturated carbocycles. The summed E-state index contributed by atoms with van der Waals surface area (Å²) in [6.45, 7) is 2.74. The summed E-state index contributed by atoms with van der Waals surface area (Å²) in [4.78, 5) is 2.34. The third-order valence-corrected chi connectivity index (χ3v) is 3.75. The van der Waals surface area contributed by atoms with E-state index < -0.39 is 0 Å². The molecule has 0 radical (unpaired) electrons. The number of ether oxygens (including phenoxy) is 1. The largest absolute Gasteiger partial charge is 0.487 e. The summed E-state index contributed by atoms with van der Waals surface area (Å²) in [6, 6.07) is 14.6. The smallest absolute Gasteiger partial charge is 0.145 e. The van der Waals surface area contributed by atoms with Crippen LogP contribution in [0.15, 0.2) is 48.5 Å². The predicted molar refractivity (Wildman–Crippen MR) is 81.6 cm³/mol. The number of likely N-dealkylation sites (tertiary alicyclic amines) is 1. The standard InChI is InChI=1S/C17H19FN2O/c18-14-6-7-16(19)17(10-14)21-15-8-9-20(12-15)11-13-4-2-1-3-5-13/h1-7,10,15H,8-9,11-12,19H2. The quantitative estimate of drug-likeness (QED) is 0.878. The van der Waals surface area contributed by atoms with Crippen LogP contribution in [-0.4, -0.2) is 24.1 Å². The van der Waals surface area contributed by atoms with E-state index in [9.17, 15) is 4.39 Å². The number of rotatable bonds is 4. The van der Waals surface area contributed by atoms with Crippen LogP contribution in [0.25, 0.3) is 0 Å². The lowest BCUT2D eigenvalue weighted by molar-refractivity contribution is 0.199. The number of hydrogen-bond acceptors (Lipinski definition) is 3. The normalized spacial score (nSPS) is 18.8. The zero-order chi connectivity index (χ0) is 14.7. The second-order valence-corrected chi connectivity index (χ2v) is 5.43. The summed E-state index contributed by atoms with van der Waals surface area (Å²) in [5, 5.41) is 0. The van der Waals surface area contributed by atoms with Gasteiger partial charge in [-0.25, -0.2) is 4.39 Å². The van der Waals surface area contributed by atoms with Gasteiger partial charge < -0.3 is 10.5 Å². The van der Waals surface area contributed by atoms with Crippen LogP contribution in [0, 0.1) is 5.82 Å². The van der Waals surface area contributed by atoms with E-state index in [0.29, 0.717) is 11.4 Å². The molecule has 2 aromatic carbocycles. The van der Waals surface area contributed by atoms with E-state index in [1.165, 1.54) is 17.7 Å². The molecule has 1 heterocycles. The van der Waals surface area contributed by atoms with E-state index >= 15 is 0 Å². The molecular weight excluding hydrogens is 267 g/mol. The van der Waals surface area contributed by atoms with Crippen molar-refractivity contribution in [3.63, 3.8) is 0 Å². The van der Waals surface area contributed by atoms with Gasteiger partial charge in [-0.15, -0.1) is 0 Å². The van der Waals surface area contributed by atoms with Gasteiger partial charge >= 0.3 is 0 Å². The average Bonchev–Trinajstić information content (AvgIpc) is 2.91. The van der Waals surface area contributed by atoms with Crippen molar-refractivity contribution in [2.45, 2.75) is 19.1 Å². The van der Waals surface area contributed by atoms with Crippen LogP contribution in [0.1, 0.15) is 12.0 Å². The highest BCUT2D eigenvalue weighted by molar-refractivity contribution is 5.52. The Morgan fingerprint density at radius 2 is 2.00 bits per heavy atom. The van der Waals surface area contributed by atoms with Gasteiger partial charge in [-0.3, -0.25) is 4.90 Å². The number of nitrogens with two attached hydrogens (primary N) is 1. The summed E-state index contributed by atoms with van der Waals surface area (Å²) in [5.41, 5.74) is 7.60. The Hall–Kier alpha value is -2.07. The second kappa shape index (κ2) is 6.14. The molecule has 2 aromatic rings. The van der Waals surface area contributed by atoms with E-state index in [0.717, 1.165) is 26.1 Å². The first-order chi connectivity index (χ1) is 10.2. The zero-order valence-electron chi connectivity index (χ0n) is 11.8. The Kier molecular flexibility index (Phi) is 4.06. The molecule has 3 nitrogen and oxygen atoms in total. The van der Waals surface area contributed by atoms with Gasteiger partial charge in [-0.1, -0.05) is 30.3 Å². The number of anilines is 1. The average molecular weight is 286 g/mol. The summed E-state index contributed by atoms with van der Waals surface area (Å²) in [5.74, 6) is 0.125. The molecule has 2 N–H and O–H groups in total. The highest BCUT2D eigenvalue weighted by Crippen LogP contribution is 2.26. The Balaban J connectivity index is 1.58. The van der Waals surface area contributed by atoms with Crippen LogP contribution in [0.4, 0.5) is 10.1 Å². The minimum absolute atomic E-state index is 0.0674. The molecule has 1 fully saturated rings. The predicted octanol–water partition coefficient (Wildman–Crippen LogP) is 3.06. The maximum atomic E-state index is 13.2. The third-order valence-electron chi connectivity index (χ3n) is 3.75. The molecule has 0 aromatic heterocycles. The Morgan fingerprint density at radius 1 is 1.19 bits per heavy atom. The summed E-state index contributed by atoms with van der Waals surface area (Å²) in [7, 11) is 0. The number of nitrogens with zero attached hydrogens (tertiary/aromatic N) is 1. The lowest BCUT2D eigenvalue weighted by Crippen LogP contribution is -2.24. The SMILES string of the molecule is Nc1ccc(F)cc1OC1CCN(Cc2ccccc2)C1. The first kappa shape index (κ1) is 13.9. The van der Waals surface area contributed by atoms with Crippen LogP contribution < -0.4 is 10.5 Å². The molecule has 1 aliphatic rings. The molecule has 1 aliphatic heterocycles. The van der Waals surface area contributed by atoms with E-state index in [1.54, 1.807) is 6.07 Å². The van der Waals surface area contributed by atoms with Crippen molar-refractivity contribution in [1.82, 2.24) is 4.90 Å². The molecule has 0 aliphatic carbocycles. The van der Waals surface area contributed by atoms with Crippen molar-refractivity contribution >= 4 is 5.69 Å². The monoisotopic (exact) mass is 286 g/mol. The molecule has 110 valence electrons. The van der Waals surface area contributed by atoms with E-state index in [1.807, 2.05) is 18.2 Å². The first-order valence-corrected chi connectivity index (χ1v) is 7.18. The number of halogens is 1. The third kappa shape index (κ3) is 3.52. The number of benzene rings is 2. The fourth-order valence-electron chi connectivity index (χ4n) is 2.67. The summed E-state index contributed by atoms with van der Waals surface area (Å²) < 4.78 is 19.1. The molecule has 1 unspecified atom stereocenters. The maximum absolute atomic E-state index is 13.2. The molecule has 0 bridgehead atoms. The molecule has 1 atom stereocenters. The van der Waals surface area contributed by atoms with Crippen molar-refractivity contribution in [3.05, 3.63) is 59.9 Å². The van der Waals surface area contributed by atoms with Gasteiger partial charge in [0.25, 0.3) is 0 Å². The van der Waals surface area contributed by atoms with Crippen LogP contribution >= 0.6 is 0 Å². The topological polar surface area (TPSA) is 38.5 Å². The molecule has 0 spiro atoms. The van der Waals surface area contributed by atoms with Crippen molar-refractivity contribution in [2.24, 2.45) is 0 Å². The highest BCUT2D eigenvalue weighted by Gasteiger charge is 2.24. The fraction of sp³-hybridized carbons (Fsp3) is 0.294. The number of hydrogen-bond donors (Lipinski definition) is 1. The van der Waals surface area contributed by atoms with Gasteiger partial charge in [-0.05, 0) is 24.1 Å². The molecular formula is C17H19FN2O. The van der Waals surface area contributed by atoms with E-state index in [4.69, 9.17) is 10.5 Å². The minimum atomic E-state index is -0.321.